The van der Waals surface area contributed by atoms with Gasteiger partial charge in [-0.25, -0.2) is 0 Å². The maximum Gasteiger partial charge on any atom is 0.0436 e. The van der Waals surface area contributed by atoms with E-state index in [2.05, 4.69) is 0 Å². The summed E-state index contributed by atoms with van der Waals surface area (Å²) in [6.45, 7) is 0. The first-order chi connectivity index (χ1) is 4.50. The van der Waals surface area contributed by atoms with Crippen molar-refractivity contribution in [2.75, 3.05) is 11.7 Å². The van der Waals surface area contributed by atoms with Crippen LogP contribution in [-0.4, -0.2) is 11.7 Å². The third-order valence-electron chi connectivity index (χ3n) is 0.0945. The van der Waals surface area contributed by atoms with Gasteiger partial charge in [0.1, 0.15) is 0 Å². The Balaban J connectivity index is 4.75. The highest BCUT2D eigenvalue weighted by Crippen LogP contribution is 1.84. The van der Waals surface area contributed by atoms with Crippen LogP contribution >= 0.6 is 23.2 Å². The second-order valence-electron chi connectivity index (χ2n) is 0.314. The van der Waals surface area contributed by atoms with Gasteiger partial charge in [0.15, 0.2) is 0 Å². The molecule has 0 rings (SSSR count). The summed E-state index contributed by atoms with van der Waals surface area (Å²) in [5.41, 5.74) is 0. The van der Waals surface area contributed by atoms with Crippen LogP contribution in [0.25, 0.3) is 0 Å². The quantitative estimate of drug-likeness (QED) is 0.486. The van der Waals surface area contributed by atoms with E-state index in [1.807, 2.05) is 0 Å². The third-order valence-corrected chi connectivity index (χ3v) is 0.283. The fraction of sp³-hybridized carbons (Fsp3) is 1.00. The summed E-state index contributed by atoms with van der Waals surface area (Å²) in [5, 5.41) is 0. The summed E-state index contributed by atoms with van der Waals surface area (Å²) in [5.74, 6) is -5.64. The van der Waals surface area contributed by atoms with Gasteiger partial charge in [-0.15, -0.1) is 23.2 Å². The van der Waals surface area contributed by atoms with Crippen molar-refractivity contribution in [1.82, 2.24) is 0 Å². The van der Waals surface area contributed by atoms with E-state index in [1.165, 1.54) is 0 Å². The van der Waals surface area contributed by atoms with Crippen LogP contribution in [0, 0.1) is 0 Å². The second kappa shape index (κ2) is 4.58. The zero-order valence-electron chi connectivity index (χ0n) is 8.26. The Labute approximate surface area is 50.5 Å². The molecule has 0 atom stereocenters. The lowest BCUT2D eigenvalue weighted by atomic mass is 10.6. The molecule has 0 radical (unpaired) electrons. The predicted molar refractivity (Wildman–Crippen MR) is 26.1 cm³/mol. The molecule has 5 heavy (non-hydrogen) atoms. The van der Waals surface area contributed by atoms with E-state index in [1.54, 1.807) is 0 Å². The lowest BCUT2D eigenvalue weighted by Crippen LogP contribution is -1.70. The normalized spacial score (nSPS) is 34.8. The molecule has 0 saturated heterocycles. The van der Waals surface area contributed by atoms with Crippen molar-refractivity contribution in [2.45, 2.75) is 6.37 Å². The third kappa shape index (κ3) is 4.58. The Morgan fingerprint density at radius 3 is 1.80 bits per heavy atom. The Morgan fingerprint density at radius 1 is 1.40 bits per heavy atom. The molecule has 0 aliphatic heterocycles. The monoisotopic (exact) mass is 118 g/mol. The van der Waals surface area contributed by atoms with Crippen molar-refractivity contribution in [3.8, 4) is 0 Å². The van der Waals surface area contributed by atoms with Crippen molar-refractivity contribution in [1.29, 1.82) is 0 Å². The first-order valence-electron chi connectivity index (χ1n) is 3.88. The minimum atomic E-state index is -2.93. The molecule has 0 spiro atoms. The first-order valence-corrected chi connectivity index (χ1v) is 1.63. The lowest BCUT2D eigenvalue weighted by molar-refractivity contribution is 1.11. The summed E-state index contributed by atoms with van der Waals surface area (Å²) in [6.07, 6.45) is -2.93. The standard InChI is InChI=1S/C3H6Cl2/c4-2-1-3-5/h1-3H2/i1D2,2D2,3D2. The molecule has 0 aliphatic rings. The van der Waals surface area contributed by atoms with Gasteiger partial charge in [-0.2, -0.15) is 0 Å². The average molecular weight is 119 g/mol. The maximum atomic E-state index is 6.88. The molecule has 2 heteroatoms. The van der Waals surface area contributed by atoms with E-state index in [0.717, 1.165) is 0 Å². The summed E-state index contributed by atoms with van der Waals surface area (Å²) in [7, 11) is 0. The zero-order valence-corrected chi connectivity index (χ0v) is 3.77. The molecule has 0 unspecified atom stereocenters. The molecule has 32 valence electrons. The lowest BCUT2D eigenvalue weighted by Gasteiger charge is -1.75. The van der Waals surface area contributed by atoms with Crippen LogP contribution in [-0.2, 0) is 0 Å². The molecule has 0 aromatic rings. The van der Waals surface area contributed by atoms with Gasteiger partial charge >= 0.3 is 0 Å². The average Bonchev–Trinajstić information content (AvgIpc) is 1.58. The van der Waals surface area contributed by atoms with Crippen LogP contribution in [0.5, 0.6) is 0 Å². The fourth-order valence-corrected chi connectivity index (χ4v) is 0.161. The molecule has 0 nitrogen and oxygen atoms in total. The highest BCUT2D eigenvalue weighted by molar-refractivity contribution is 6.20. The van der Waals surface area contributed by atoms with Crippen LogP contribution in [0.3, 0.4) is 0 Å². The van der Waals surface area contributed by atoms with E-state index in [0.29, 0.717) is 0 Å². The minimum absolute atomic E-state index is 2.82. The van der Waals surface area contributed by atoms with Gasteiger partial charge in [-0.05, 0) is 6.37 Å². The van der Waals surface area contributed by atoms with Crippen LogP contribution in [0.4, 0.5) is 0 Å². The van der Waals surface area contributed by atoms with Crippen molar-refractivity contribution in [2.24, 2.45) is 0 Å². The first kappa shape index (κ1) is 1.05. The number of rotatable bonds is 2. The molecule has 0 aromatic heterocycles. The molecule has 0 aliphatic carbocycles. The van der Waals surface area contributed by atoms with Gasteiger partial charge in [0.05, 0.1) is 0 Å². The molecule has 0 N–H and O–H groups in total. The van der Waals surface area contributed by atoms with Gasteiger partial charge in [-0.1, -0.05) is 0 Å². The number of halogens is 2. The van der Waals surface area contributed by atoms with Gasteiger partial charge in [0.2, 0.25) is 0 Å². The Morgan fingerprint density at radius 2 is 1.80 bits per heavy atom. The van der Waals surface area contributed by atoms with Crippen molar-refractivity contribution in [3.63, 3.8) is 0 Å². The Hall–Kier alpha value is 0.580. The van der Waals surface area contributed by atoms with E-state index in [9.17, 15) is 0 Å². The Kier molecular flexibility index (Phi) is 0.958. The fourth-order valence-electron chi connectivity index (χ4n) is 0.0179. The molecule has 0 fully saturated rings. The smallest absolute Gasteiger partial charge is 0.0436 e. The molecule has 0 bridgehead atoms. The maximum absolute atomic E-state index is 6.88. The molecule has 0 aromatic carbocycles. The minimum Gasteiger partial charge on any atom is -0.127 e. The van der Waals surface area contributed by atoms with Crippen molar-refractivity contribution >= 4 is 23.2 Å². The van der Waals surface area contributed by atoms with Crippen LogP contribution in [0.2, 0.25) is 0 Å². The Bertz CT molecular complexity index is 127. The van der Waals surface area contributed by atoms with E-state index < -0.39 is 18.0 Å². The van der Waals surface area contributed by atoms with Gasteiger partial charge in [0.25, 0.3) is 0 Å². The molecule has 0 heterocycles. The topological polar surface area (TPSA) is 0 Å². The van der Waals surface area contributed by atoms with Crippen LogP contribution < -0.4 is 0 Å². The second-order valence-corrected chi connectivity index (χ2v) is 0.692. The molecular formula is C3H6Cl2. The summed E-state index contributed by atoms with van der Waals surface area (Å²) in [4.78, 5) is 0. The number of hydrogen-bond donors (Lipinski definition) is 0. The summed E-state index contributed by atoms with van der Waals surface area (Å²) < 4.78 is 40.7. The van der Waals surface area contributed by atoms with Gasteiger partial charge < -0.3 is 0 Å². The molecule has 0 saturated carbocycles. The van der Waals surface area contributed by atoms with E-state index in [4.69, 9.17) is 31.4 Å². The van der Waals surface area contributed by atoms with Gasteiger partial charge in [0, 0.05) is 19.9 Å². The number of hydrogen-bond acceptors (Lipinski definition) is 0. The SMILES string of the molecule is [2H]C([2H])(Cl)C([2H])([2H])C([2H])([2H])Cl. The molecular weight excluding hydrogens is 107 g/mol. The molecule has 0 amide bonds. The highest BCUT2D eigenvalue weighted by atomic mass is 35.5. The van der Waals surface area contributed by atoms with Crippen molar-refractivity contribution < 1.29 is 8.22 Å². The summed E-state index contributed by atoms with van der Waals surface area (Å²) >= 11 is 9.89. The summed E-state index contributed by atoms with van der Waals surface area (Å²) in [6, 6.07) is 0. The highest BCUT2D eigenvalue weighted by Gasteiger charge is 1.72. The van der Waals surface area contributed by atoms with E-state index in [-0.39, 0.29) is 0 Å². The predicted octanol–water partition coefficient (Wildman–Crippen LogP) is 1.85. The van der Waals surface area contributed by atoms with Crippen LogP contribution in [0.1, 0.15) is 14.6 Å². The van der Waals surface area contributed by atoms with Gasteiger partial charge in [-0.3, -0.25) is 0 Å². The zero-order chi connectivity index (χ0) is 9.50. The van der Waals surface area contributed by atoms with Crippen molar-refractivity contribution in [3.05, 3.63) is 0 Å². The largest absolute Gasteiger partial charge is 0.127 e. The number of alkyl halides is 2. The van der Waals surface area contributed by atoms with Crippen LogP contribution in [0.15, 0.2) is 0 Å². The van der Waals surface area contributed by atoms with E-state index >= 15 is 0 Å².